The summed E-state index contributed by atoms with van der Waals surface area (Å²) in [4.78, 5) is 3.72. The molecule has 1 unspecified atom stereocenters. The summed E-state index contributed by atoms with van der Waals surface area (Å²) >= 11 is 0. The smallest absolute Gasteiger partial charge is 0.241 e. The Morgan fingerprint density at radius 1 is 1.47 bits per heavy atom. The Kier molecular flexibility index (Phi) is 4.52. The highest BCUT2D eigenvalue weighted by Crippen LogP contribution is 2.27. The third kappa shape index (κ3) is 2.95. The van der Waals surface area contributed by atoms with Crippen molar-refractivity contribution in [1.29, 1.82) is 0 Å². The van der Waals surface area contributed by atoms with Crippen LogP contribution in [0.15, 0.2) is 23.4 Å². The third-order valence-corrected chi connectivity index (χ3v) is 5.36. The third-order valence-electron chi connectivity index (χ3n) is 3.47. The summed E-state index contributed by atoms with van der Waals surface area (Å²) in [7, 11) is -3.82. The van der Waals surface area contributed by atoms with Crippen molar-refractivity contribution in [3.8, 4) is 0 Å². The fourth-order valence-electron chi connectivity index (χ4n) is 2.58. The zero-order valence-corrected chi connectivity index (χ0v) is 11.9. The highest BCUT2D eigenvalue weighted by atomic mass is 32.2. The lowest BCUT2D eigenvalue weighted by atomic mass is 10.0. The van der Waals surface area contributed by atoms with Gasteiger partial charge in [-0.2, -0.15) is 4.31 Å². The van der Waals surface area contributed by atoms with E-state index in [1.54, 1.807) is 0 Å². The van der Waals surface area contributed by atoms with Gasteiger partial charge in [0, 0.05) is 18.8 Å². The van der Waals surface area contributed by atoms with Gasteiger partial charge in [0.1, 0.15) is 0 Å². The van der Waals surface area contributed by atoms with Crippen molar-refractivity contribution in [2.24, 2.45) is 0 Å². The van der Waals surface area contributed by atoms with Crippen LogP contribution in [0, 0.1) is 5.82 Å². The predicted octanol–water partition coefficient (Wildman–Crippen LogP) is 2.56. The van der Waals surface area contributed by atoms with Crippen LogP contribution < -0.4 is 0 Å². The summed E-state index contributed by atoms with van der Waals surface area (Å²) in [6, 6.07) is 2.51. The summed E-state index contributed by atoms with van der Waals surface area (Å²) in [6.07, 6.45) is 5.75. The summed E-state index contributed by atoms with van der Waals surface area (Å²) in [6.45, 7) is 2.49. The molecule has 0 saturated carbocycles. The van der Waals surface area contributed by atoms with E-state index in [1.165, 1.54) is 16.6 Å². The first-order valence-corrected chi connectivity index (χ1v) is 8.13. The number of hydrogen-bond donors (Lipinski definition) is 0. The van der Waals surface area contributed by atoms with Gasteiger partial charge in [-0.1, -0.05) is 19.8 Å². The molecule has 4 nitrogen and oxygen atoms in total. The van der Waals surface area contributed by atoms with E-state index < -0.39 is 20.9 Å². The largest absolute Gasteiger partial charge is 0.263 e. The first kappa shape index (κ1) is 14.4. The predicted molar refractivity (Wildman–Crippen MR) is 70.6 cm³/mol. The van der Waals surface area contributed by atoms with E-state index >= 15 is 0 Å². The molecule has 2 heterocycles. The van der Waals surface area contributed by atoms with Gasteiger partial charge in [-0.15, -0.1) is 0 Å². The average Bonchev–Trinajstić information content (AvgIpc) is 2.40. The summed E-state index contributed by atoms with van der Waals surface area (Å²) in [5.74, 6) is -0.775. The molecule has 6 heteroatoms. The molecular formula is C13H19FN2O2S. The van der Waals surface area contributed by atoms with Crippen molar-refractivity contribution < 1.29 is 12.8 Å². The van der Waals surface area contributed by atoms with Crippen molar-refractivity contribution in [2.75, 3.05) is 6.54 Å². The summed E-state index contributed by atoms with van der Waals surface area (Å²) in [5, 5.41) is -0.446. The minimum atomic E-state index is -3.82. The van der Waals surface area contributed by atoms with Gasteiger partial charge in [0.25, 0.3) is 10.0 Å². The fraction of sp³-hybridized carbons (Fsp3) is 0.615. The molecule has 1 saturated heterocycles. The second-order valence-corrected chi connectivity index (χ2v) is 6.65. The van der Waals surface area contributed by atoms with E-state index in [0.29, 0.717) is 6.54 Å². The van der Waals surface area contributed by atoms with Gasteiger partial charge in [-0.05, 0) is 31.4 Å². The van der Waals surface area contributed by atoms with Gasteiger partial charge in [0.2, 0.25) is 5.03 Å². The van der Waals surface area contributed by atoms with Crippen LogP contribution in [0.1, 0.15) is 39.0 Å². The Labute approximate surface area is 113 Å². The monoisotopic (exact) mass is 286 g/mol. The molecule has 1 atom stereocenters. The lowest BCUT2D eigenvalue weighted by molar-refractivity contribution is 0.238. The van der Waals surface area contributed by atoms with Crippen molar-refractivity contribution in [1.82, 2.24) is 9.29 Å². The van der Waals surface area contributed by atoms with E-state index in [0.717, 1.165) is 38.2 Å². The average molecular weight is 286 g/mol. The number of rotatable bonds is 4. The van der Waals surface area contributed by atoms with Crippen LogP contribution in [-0.4, -0.2) is 30.3 Å². The van der Waals surface area contributed by atoms with Crippen LogP contribution in [0.5, 0.6) is 0 Å². The molecule has 0 radical (unpaired) electrons. The van der Waals surface area contributed by atoms with Crippen LogP contribution in [-0.2, 0) is 10.0 Å². The van der Waals surface area contributed by atoms with Crippen LogP contribution in [0.2, 0.25) is 0 Å². The molecule has 1 aliphatic rings. The highest BCUT2D eigenvalue weighted by Gasteiger charge is 2.35. The normalized spacial score (nSPS) is 21.5. The van der Waals surface area contributed by atoms with Gasteiger partial charge in [0.15, 0.2) is 5.82 Å². The first-order chi connectivity index (χ1) is 9.07. The van der Waals surface area contributed by atoms with Gasteiger partial charge < -0.3 is 0 Å². The number of hydrogen-bond acceptors (Lipinski definition) is 3. The minimum Gasteiger partial charge on any atom is -0.241 e. The quantitative estimate of drug-likeness (QED) is 0.854. The Balaban J connectivity index is 2.35. The standard InChI is InChI=1S/C13H19FN2O2S/c1-2-6-11-7-3-4-10-16(11)19(17,18)13-12(14)8-5-9-15-13/h5,8-9,11H,2-4,6-7,10H2,1H3. The van der Waals surface area contributed by atoms with Gasteiger partial charge in [0.05, 0.1) is 0 Å². The first-order valence-electron chi connectivity index (χ1n) is 6.69. The van der Waals surface area contributed by atoms with E-state index in [4.69, 9.17) is 0 Å². The lowest BCUT2D eigenvalue weighted by Crippen LogP contribution is -2.44. The van der Waals surface area contributed by atoms with Crippen LogP contribution in [0.4, 0.5) is 4.39 Å². The molecule has 0 N–H and O–H groups in total. The van der Waals surface area contributed by atoms with Crippen molar-refractivity contribution in [2.45, 2.75) is 50.1 Å². The van der Waals surface area contributed by atoms with Crippen LogP contribution in [0.3, 0.4) is 0 Å². The highest BCUT2D eigenvalue weighted by molar-refractivity contribution is 7.89. The Hall–Kier alpha value is -1.01. The number of pyridine rings is 1. The fourth-order valence-corrected chi connectivity index (χ4v) is 4.29. The minimum absolute atomic E-state index is 0.0230. The van der Waals surface area contributed by atoms with Crippen molar-refractivity contribution >= 4 is 10.0 Å². The molecule has 0 aromatic carbocycles. The SMILES string of the molecule is CCCC1CCCCN1S(=O)(=O)c1ncccc1F. The molecular weight excluding hydrogens is 267 g/mol. The molecule has 2 rings (SSSR count). The summed E-state index contributed by atoms with van der Waals surface area (Å²) < 4.78 is 40.2. The van der Waals surface area contributed by atoms with Gasteiger partial charge in [-0.3, -0.25) is 0 Å². The molecule has 1 aliphatic heterocycles. The number of piperidine rings is 1. The van der Waals surface area contributed by atoms with Crippen molar-refractivity contribution in [3.63, 3.8) is 0 Å². The van der Waals surface area contributed by atoms with Gasteiger partial charge in [-0.25, -0.2) is 17.8 Å². The molecule has 0 bridgehead atoms. The topological polar surface area (TPSA) is 50.3 Å². The molecule has 106 valence electrons. The zero-order valence-electron chi connectivity index (χ0n) is 11.0. The molecule has 0 aliphatic carbocycles. The van der Waals surface area contributed by atoms with Crippen LogP contribution in [0.25, 0.3) is 0 Å². The number of halogens is 1. The van der Waals surface area contributed by atoms with Gasteiger partial charge >= 0.3 is 0 Å². The van der Waals surface area contributed by atoms with Crippen LogP contribution >= 0.6 is 0 Å². The number of sulfonamides is 1. The second kappa shape index (κ2) is 5.96. The number of aromatic nitrogens is 1. The second-order valence-electron chi connectivity index (χ2n) is 4.84. The maximum atomic E-state index is 13.7. The number of nitrogens with zero attached hydrogens (tertiary/aromatic N) is 2. The van der Waals surface area contributed by atoms with E-state index in [1.807, 2.05) is 6.92 Å². The molecule has 19 heavy (non-hydrogen) atoms. The molecule has 1 fully saturated rings. The molecule has 0 spiro atoms. The van der Waals surface area contributed by atoms with Crippen molar-refractivity contribution in [3.05, 3.63) is 24.1 Å². The van der Waals surface area contributed by atoms with E-state index in [2.05, 4.69) is 4.98 Å². The Bertz CT molecular complexity index is 531. The maximum absolute atomic E-state index is 13.7. The lowest BCUT2D eigenvalue weighted by Gasteiger charge is -2.34. The molecule has 1 aromatic rings. The van der Waals surface area contributed by atoms with E-state index in [-0.39, 0.29) is 6.04 Å². The Morgan fingerprint density at radius 2 is 2.26 bits per heavy atom. The molecule has 0 amide bonds. The van der Waals surface area contributed by atoms with E-state index in [9.17, 15) is 12.8 Å². The maximum Gasteiger partial charge on any atom is 0.263 e. The summed E-state index contributed by atoms with van der Waals surface area (Å²) in [5.41, 5.74) is 0. The Morgan fingerprint density at radius 3 is 2.95 bits per heavy atom. The molecule has 1 aromatic heterocycles. The zero-order chi connectivity index (χ0) is 13.9.